The van der Waals surface area contributed by atoms with E-state index in [9.17, 15) is 19.7 Å². The highest BCUT2D eigenvalue weighted by molar-refractivity contribution is 7.99. The summed E-state index contributed by atoms with van der Waals surface area (Å²) in [5, 5.41) is 12.3. The van der Waals surface area contributed by atoms with Gasteiger partial charge in [0.1, 0.15) is 0 Å². The number of allylic oxidation sites excluding steroid dienone is 1. The van der Waals surface area contributed by atoms with Crippen molar-refractivity contribution in [3.8, 4) is 0 Å². The Labute approximate surface area is 253 Å². The number of hydrogen-bond acceptors (Lipinski definition) is 11. The Balaban J connectivity index is 1.62. The molecule has 214 valence electrons. The Morgan fingerprint density at radius 2 is 1.88 bits per heavy atom. The summed E-state index contributed by atoms with van der Waals surface area (Å²) in [7, 11) is 0. The zero-order valence-corrected chi connectivity index (χ0v) is 25.5. The molecule has 13 heteroatoms. The molecule has 42 heavy (non-hydrogen) atoms. The number of esters is 1. The van der Waals surface area contributed by atoms with Crippen molar-refractivity contribution in [1.82, 2.24) is 14.5 Å². The monoisotopic (exact) mass is 619 g/mol. The number of nitro groups is 1. The predicted molar refractivity (Wildman–Crippen MR) is 162 cm³/mol. The Kier molecular flexibility index (Phi) is 8.71. The number of aromatic nitrogens is 3. The summed E-state index contributed by atoms with van der Waals surface area (Å²) < 4.78 is 7.37. The molecule has 0 saturated carbocycles. The second-order valence-electron chi connectivity index (χ2n) is 9.43. The van der Waals surface area contributed by atoms with E-state index in [2.05, 4.69) is 15.0 Å². The molecule has 0 aliphatic carbocycles. The molecule has 10 nitrogen and oxygen atoms in total. The van der Waals surface area contributed by atoms with Crippen LogP contribution in [-0.4, -0.2) is 37.8 Å². The third-order valence-corrected chi connectivity index (χ3v) is 8.92. The van der Waals surface area contributed by atoms with Crippen LogP contribution in [0, 0.1) is 10.1 Å². The first-order chi connectivity index (χ1) is 20.2. The first-order valence-corrected chi connectivity index (χ1v) is 15.6. The molecule has 1 aliphatic rings. The van der Waals surface area contributed by atoms with Crippen LogP contribution in [-0.2, 0) is 9.53 Å². The van der Waals surface area contributed by atoms with Gasteiger partial charge in [-0.3, -0.25) is 19.5 Å². The predicted octanol–water partition coefficient (Wildman–Crippen LogP) is 4.76. The highest BCUT2D eigenvalue weighted by atomic mass is 32.2. The van der Waals surface area contributed by atoms with Crippen molar-refractivity contribution >= 4 is 52.6 Å². The molecule has 0 amide bonds. The fourth-order valence-corrected chi connectivity index (χ4v) is 6.66. The van der Waals surface area contributed by atoms with Crippen molar-refractivity contribution in [3.05, 3.63) is 113 Å². The molecule has 0 unspecified atom stereocenters. The summed E-state index contributed by atoms with van der Waals surface area (Å²) >= 11 is 3.83. The number of hydrogen-bond donors (Lipinski definition) is 0. The van der Waals surface area contributed by atoms with Crippen LogP contribution >= 0.6 is 34.9 Å². The van der Waals surface area contributed by atoms with Gasteiger partial charge in [-0.05, 0) is 80.3 Å². The number of nitrogens with zero attached hydrogens (tertiary/aromatic N) is 5. The van der Waals surface area contributed by atoms with Crippen molar-refractivity contribution < 1.29 is 14.5 Å². The van der Waals surface area contributed by atoms with E-state index in [1.807, 2.05) is 30.5 Å². The van der Waals surface area contributed by atoms with Gasteiger partial charge in [-0.1, -0.05) is 29.5 Å². The molecular formula is C29H25N5O5S3. The lowest BCUT2D eigenvalue weighted by atomic mass is 9.96. The first-order valence-electron chi connectivity index (χ1n) is 12.8. The van der Waals surface area contributed by atoms with Crippen molar-refractivity contribution in [2.45, 2.75) is 47.9 Å². The summed E-state index contributed by atoms with van der Waals surface area (Å²) in [5.41, 5.74) is 1.48. The Hall–Kier alpha value is -4.07. The number of rotatable bonds is 8. The summed E-state index contributed by atoms with van der Waals surface area (Å²) in [6.07, 6.45) is 6.35. The molecule has 0 N–H and O–H groups in total. The third-order valence-electron chi connectivity index (χ3n) is 6.24. The summed E-state index contributed by atoms with van der Waals surface area (Å²) in [5.74, 6) is -0.536. The van der Waals surface area contributed by atoms with E-state index in [1.165, 1.54) is 10.6 Å². The van der Waals surface area contributed by atoms with Gasteiger partial charge in [0.15, 0.2) is 9.96 Å². The summed E-state index contributed by atoms with van der Waals surface area (Å²) in [6, 6.07) is 13.3. The van der Waals surface area contributed by atoms with Crippen molar-refractivity contribution in [1.29, 1.82) is 0 Å². The fraction of sp³-hybridized carbons (Fsp3) is 0.207. The number of fused-ring (bicyclic) bond motifs is 1. The van der Waals surface area contributed by atoms with E-state index in [4.69, 9.17) is 4.74 Å². The average molecular weight is 620 g/mol. The molecule has 0 saturated heterocycles. The number of benzene rings is 2. The standard InChI is InChI=1S/C29H25N5O5S3/c1-16(2)39-27(36)24-17(3)32-29-33(25(24)19-7-9-20(40-4)10-8-19)26(35)23(42-29)15-18-6-11-22(21(14-18)34(37)38)41-28-30-12-5-13-31-28/h5-16,25H,1-4H3/b23-15-/t25-/m0/s1. The van der Waals surface area contributed by atoms with Crippen LogP contribution in [0.3, 0.4) is 0 Å². The molecule has 1 aliphatic heterocycles. The number of thioether (sulfide) groups is 1. The highest BCUT2D eigenvalue weighted by Gasteiger charge is 2.33. The zero-order chi connectivity index (χ0) is 30.0. The largest absolute Gasteiger partial charge is 0.459 e. The van der Waals surface area contributed by atoms with Crippen LogP contribution in [0.1, 0.15) is 37.9 Å². The maximum Gasteiger partial charge on any atom is 0.338 e. The van der Waals surface area contributed by atoms with E-state index in [-0.39, 0.29) is 17.4 Å². The van der Waals surface area contributed by atoms with Gasteiger partial charge in [0.2, 0.25) is 0 Å². The SMILES string of the molecule is CSc1ccc([C@H]2C(C(=O)OC(C)C)=C(C)N=c3s/c(=C\c4ccc(Sc5ncccn5)c([N+](=O)[O-])c4)c(=O)n32)cc1. The number of ether oxygens (including phenoxy) is 1. The van der Waals surface area contributed by atoms with Crippen LogP contribution in [0.4, 0.5) is 5.69 Å². The van der Waals surface area contributed by atoms with Crippen molar-refractivity contribution in [2.75, 3.05) is 6.26 Å². The minimum Gasteiger partial charge on any atom is -0.459 e. The minimum absolute atomic E-state index is 0.129. The Morgan fingerprint density at radius 3 is 2.52 bits per heavy atom. The maximum absolute atomic E-state index is 13.9. The van der Waals surface area contributed by atoms with Gasteiger partial charge < -0.3 is 4.74 Å². The van der Waals surface area contributed by atoms with Gasteiger partial charge in [0.25, 0.3) is 11.2 Å². The lowest BCUT2D eigenvalue weighted by Gasteiger charge is -2.25. The van der Waals surface area contributed by atoms with Crippen LogP contribution < -0.4 is 14.9 Å². The first kappa shape index (κ1) is 29.4. The number of carbonyl (C=O) groups is 1. The molecule has 2 aromatic carbocycles. The Morgan fingerprint density at radius 1 is 1.17 bits per heavy atom. The fourth-order valence-electron chi connectivity index (χ4n) is 4.40. The molecule has 5 rings (SSSR count). The zero-order valence-electron chi connectivity index (χ0n) is 23.0. The van der Waals surface area contributed by atoms with Crippen LogP contribution in [0.5, 0.6) is 0 Å². The highest BCUT2D eigenvalue weighted by Crippen LogP contribution is 2.34. The van der Waals surface area contributed by atoms with E-state index in [0.29, 0.717) is 36.2 Å². The van der Waals surface area contributed by atoms with E-state index in [1.54, 1.807) is 69.2 Å². The maximum atomic E-state index is 13.9. The molecule has 4 aromatic rings. The van der Waals surface area contributed by atoms with Gasteiger partial charge >= 0.3 is 5.97 Å². The van der Waals surface area contributed by atoms with Gasteiger partial charge in [-0.25, -0.2) is 19.8 Å². The summed E-state index contributed by atoms with van der Waals surface area (Å²) in [6.45, 7) is 5.26. The topological polar surface area (TPSA) is 130 Å². The van der Waals surface area contributed by atoms with Gasteiger partial charge in [0.05, 0.1) is 37.8 Å². The molecule has 0 bridgehead atoms. The van der Waals surface area contributed by atoms with E-state index in [0.717, 1.165) is 33.6 Å². The van der Waals surface area contributed by atoms with Gasteiger partial charge in [-0.2, -0.15) is 0 Å². The van der Waals surface area contributed by atoms with Crippen molar-refractivity contribution in [2.24, 2.45) is 4.99 Å². The molecule has 3 heterocycles. The van der Waals surface area contributed by atoms with Crippen LogP contribution in [0.15, 0.2) is 96.9 Å². The second kappa shape index (κ2) is 12.4. The molecule has 1 atom stereocenters. The van der Waals surface area contributed by atoms with Crippen molar-refractivity contribution in [3.63, 3.8) is 0 Å². The van der Waals surface area contributed by atoms with Gasteiger partial charge in [0, 0.05) is 23.4 Å². The lowest BCUT2D eigenvalue weighted by molar-refractivity contribution is -0.387. The van der Waals surface area contributed by atoms with Gasteiger partial charge in [-0.15, -0.1) is 11.8 Å². The second-order valence-corrected chi connectivity index (χ2v) is 12.3. The molecular weight excluding hydrogens is 595 g/mol. The average Bonchev–Trinajstić information content (AvgIpc) is 3.27. The minimum atomic E-state index is -0.746. The van der Waals surface area contributed by atoms with E-state index < -0.39 is 16.9 Å². The lowest BCUT2D eigenvalue weighted by Crippen LogP contribution is -2.40. The van der Waals surface area contributed by atoms with Crippen LogP contribution in [0.2, 0.25) is 0 Å². The van der Waals surface area contributed by atoms with E-state index >= 15 is 0 Å². The normalized spacial score (nSPS) is 15.0. The quantitative estimate of drug-likeness (QED) is 0.0901. The van der Waals surface area contributed by atoms with Crippen LogP contribution in [0.25, 0.3) is 6.08 Å². The Bertz CT molecular complexity index is 1880. The number of thiazole rings is 1. The molecule has 0 radical (unpaired) electrons. The molecule has 2 aromatic heterocycles. The molecule has 0 spiro atoms. The molecule has 0 fully saturated rings. The summed E-state index contributed by atoms with van der Waals surface area (Å²) in [4.78, 5) is 53.3. The number of carbonyl (C=O) groups excluding carboxylic acids is 1. The number of nitro benzene ring substituents is 1. The smallest absolute Gasteiger partial charge is 0.338 e. The third kappa shape index (κ3) is 6.08.